The highest BCUT2D eigenvalue weighted by molar-refractivity contribution is 6.45. The van der Waals surface area contributed by atoms with Gasteiger partial charge in [-0.25, -0.2) is 0 Å². The van der Waals surface area contributed by atoms with E-state index in [0.29, 0.717) is 5.92 Å². The van der Waals surface area contributed by atoms with Gasteiger partial charge >= 0.3 is 0 Å². The Morgan fingerprint density at radius 2 is 1.85 bits per heavy atom. The molecule has 0 aliphatic heterocycles. The van der Waals surface area contributed by atoms with E-state index in [0.717, 1.165) is 24.2 Å². The molecule has 0 saturated heterocycles. The van der Waals surface area contributed by atoms with E-state index < -0.39 is 0 Å². The van der Waals surface area contributed by atoms with Crippen LogP contribution in [0.5, 0.6) is 0 Å². The first-order valence-corrected chi connectivity index (χ1v) is 7.30. The Morgan fingerprint density at radius 3 is 2.40 bits per heavy atom. The Morgan fingerprint density at radius 1 is 1.20 bits per heavy atom. The van der Waals surface area contributed by atoms with Gasteiger partial charge in [0, 0.05) is 18.4 Å². The molecule has 2 aliphatic rings. The zero-order chi connectivity index (χ0) is 14.5. The zero-order valence-corrected chi connectivity index (χ0v) is 12.7. The molecule has 1 aromatic rings. The highest BCUT2D eigenvalue weighted by Gasteiger charge is 2.65. The van der Waals surface area contributed by atoms with Crippen LogP contribution in [0.25, 0.3) is 0 Å². The Hall–Kier alpha value is -1.64. The predicted octanol–water partition coefficient (Wildman–Crippen LogP) is 3.50. The lowest BCUT2D eigenvalue weighted by Gasteiger charge is -2.31. The third kappa shape index (κ3) is 1.58. The number of ketones is 1. The molecule has 2 atom stereocenters. The van der Waals surface area contributed by atoms with Crippen molar-refractivity contribution in [2.45, 2.75) is 33.6 Å². The van der Waals surface area contributed by atoms with E-state index in [-0.39, 0.29) is 16.6 Å². The summed E-state index contributed by atoms with van der Waals surface area (Å²) in [4.78, 5) is 12.7. The third-order valence-electron chi connectivity index (χ3n) is 5.68. The molecule has 2 saturated carbocycles. The van der Waals surface area contributed by atoms with Crippen LogP contribution in [-0.4, -0.2) is 18.5 Å². The van der Waals surface area contributed by atoms with Crippen LogP contribution in [0, 0.1) is 16.7 Å². The fraction of sp³-hybridized carbons (Fsp3) is 0.529. The summed E-state index contributed by atoms with van der Waals surface area (Å²) in [7, 11) is 1.91. The minimum atomic E-state index is -0.228. The van der Waals surface area contributed by atoms with Gasteiger partial charge in [0.15, 0.2) is 5.78 Å². The largest absolute Gasteiger partial charge is 0.292 e. The lowest BCUT2D eigenvalue weighted by Crippen LogP contribution is -2.34. The van der Waals surface area contributed by atoms with E-state index in [9.17, 15) is 4.79 Å². The van der Waals surface area contributed by atoms with Gasteiger partial charge < -0.3 is 0 Å². The first-order chi connectivity index (χ1) is 9.38. The minimum absolute atomic E-state index is 0.0282. The van der Waals surface area contributed by atoms with E-state index in [1.165, 1.54) is 0 Å². The van der Waals surface area contributed by atoms with Gasteiger partial charge in [-0.3, -0.25) is 9.80 Å². The van der Waals surface area contributed by atoms with Gasteiger partial charge in [0.2, 0.25) is 0 Å². The Bertz CT molecular complexity index is 576. The van der Waals surface area contributed by atoms with E-state index in [1.807, 2.05) is 42.4 Å². The number of Topliss-reactive ketones (excluding diaryl/α,β-unsaturated/α-hetero) is 1. The number of benzene rings is 1. The molecule has 0 spiro atoms. The molecule has 0 aromatic heterocycles. The van der Waals surface area contributed by atoms with Crippen molar-refractivity contribution in [3.63, 3.8) is 0 Å². The van der Waals surface area contributed by atoms with Crippen molar-refractivity contribution in [3.8, 4) is 0 Å². The monoisotopic (exact) mass is 270 g/mol. The molecule has 3 nitrogen and oxygen atoms in total. The van der Waals surface area contributed by atoms with Crippen molar-refractivity contribution in [1.29, 1.82) is 0 Å². The summed E-state index contributed by atoms with van der Waals surface area (Å²) in [5.74, 6) is 0.549. The van der Waals surface area contributed by atoms with Gasteiger partial charge in [-0.2, -0.15) is 5.10 Å². The fourth-order valence-corrected chi connectivity index (χ4v) is 3.80. The lowest BCUT2D eigenvalue weighted by atomic mass is 9.70. The molecule has 2 bridgehead atoms. The van der Waals surface area contributed by atoms with Gasteiger partial charge in [-0.15, -0.1) is 0 Å². The average Bonchev–Trinajstić information content (AvgIpc) is 2.74. The number of hydrogen-bond acceptors (Lipinski definition) is 3. The molecule has 0 radical (unpaired) electrons. The number of hydrogen-bond donors (Lipinski definition) is 0. The normalized spacial score (nSPS) is 32.9. The molecule has 0 heterocycles. The number of para-hydroxylation sites is 1. The van der Waals surface area contributed by atoms with Crippen molar-refractivity contribution in [2.24, 2.45) is 21.8 Å². The summed E-state index contributed by atoms with van der Waals surface area (Å²) >= 11 is 0. The molecule has 0 amide bonds. The molecule has 3 heteroatoms. The molecule has 0 N–H and O–H groups in total. The second kappa shape index (κ2) is 4.18. The van der Waals surface area contributed by atoms with Crippen LogP contribution < -0.4 is 5.01 Å². The number of carbonyl (C=O) groups excluding carboxylic acids is 1. The lowest BCUT2D eigenvalue weighted by molar-refractivity contribution is -0.123. The van der Waals surface area contributed by atoms with Crippen molar-refractivity contribution >= 4 is 17.2 Å². The van der Waals surface area contributed by atoms with Gasteiger partial charge in [-0.05, 0) is 30.4 Å². The maximum Gasteiger partial charge on any atom is 0.185 e. The number of anilines is 1. The van der Waals surface area contributed by atoms with Crippen LogP contribution in [0.15, 0.2) is 35.4 Å². The number of hydrazone groups is 1. The second-order valence-electron chi connectivity index (χ2n) is 6.82. The van der Waals surface area contributed by atoms with Crippen LogP contribution >= 0.6 is 0 Å². The molecule has 20 heavy (non-hydrogen) atoms. The maximum absolute atomic E-state index is 12.7. The quantitative estimate of drug-likeness (QED) is 0.770. The summed E-state index contributed by atoms with van der Waals surface area (Å²) in [6.45, 7) is 6.54. The molecular weight excluding hydrogens is 248 g/mol. The second-order valence-corrected chi connectivity index (χ2v) is 6.82. The van der Waals surface area contributed by atoms with Gasteiger partial charge in [0.1, 0.15) is 5.71 Å². The number of carbonyl (C=O) groups is 1. The summed E-state index contributed by atoms with van der Waals surface area (Å²) in [5.41, 5.74) is 1.59. The van der Waals surface area contributed by atoms with Gasteiger partial charge in [-0.1, -0.05) is 39.0 Å². The Labute approximate surface area is 120 Å². The summed E-state index contributed by atoms with van der Waals surface area (Å²) in [5, 5.41) is 6.48. The van der Waals surface area contributed by atoms with Crippen LogP contribution in [-0.2, 0) is 4.79 Å². The molecule has 2 aliphatic carbocycles. The SMILES string of the molecule is CN(N=C1C(=O)C2(C)CCC1C2(C)C)c1ccccc1. The van der Waals surface area contributed by atoms with E-state index in [1.54, 1.807) is 0 Å². The predicted molar refractivity (Wildman–Crippen MR) is 81.9 cm³/mol. The van der Waals surface area contributed by atoms with Crippen LogP contribution in [0.3, 0.4) is 0 Å². The molecule has 106 valence electrons. The summed E-state index contributed by atoms with van der Waals surface area (Å²) in [6.07, 6.45) is 2.08. The topological polar surface area (TPSA) is 32.7 Å². The Balaban J connectivity index is 1.96. The first-order valence-electron chi connectivity index (χ1n) is 7.30. The smallest absolute Gasteiger partial charge is 0.185 e. The van der Waals surface area contributed by atoms with Crippen molar-refractivity contribution in [2.75, 3.05) is 12.1 Å². The maximum atomic E-state index is 12.7. The standard InChI is InChI=1S/C17H22N2O/c1-16(2)13-10-11-17(16,3)15(20)14(13)18-19(4)12-8-6-5-7-9-12/h5-9,13H,10-11H2,1-4H3. The van der Waals surface area contributed by atoms with Crippen molar-refractivity contribution < 1.29 is 4.79 Å². The Kier molecular flexibility index (Phi) is 2.79. The first kappa shape index (κ1) is 13.3. The average molecular weight is 270 g/mol. The highest BCUT2D eigenvalue weighted by atomic mass is 16.1. The molecule has 3 rings (SSSR count). The highest BCUT2D eigenvalue weighted by Crippen LogP contribution is 2.62. The number of rotatable bonds is 2. The number of nitrogens with zero attached hydrogens (tertiary/aromatic N) is 2. The van der Waals surface area contributed by atoms with Gasteiger partial charge in [0.05, 0.1) is 5.69 Å². The molecule has 2 fully saturated rings. The van der Waals surface area contributed by atoms with Crippen LogP contribution in [0.2, 0.25) is 0 Å². The third-order valence-corrected chi connectivity index (χ3v) is 5.68. The van der Waals surface area contributed by atoms with E-state index in [4.69, 9.17) is 0 Å². The summed E-state index contributed by atoms with van der Waals surface area (Å²) < 4.78 is 0. The zero-order valence-electron chi connectivity index (χ0n) is 12.7. The minimum Gasteiger partial charge on any atom is -0.292 e. The van der Waals surface area contributed by atoms with E-state index >= 15 is 0 Å². The number of fused-ring (bicyclic) bond motifs is 2. The van der Waals surface area contributed by atoms with Crippen LogP contribution in [0.4, 0.5) is 5.69 Å². The van der Waals surface area contributed by atoms with Crippen molar-refractivity contribution in [3.05, 3.63) is 30.3 Å². The molecular formula is C17H22N2O. The fourth-order valence-electron chi connectivity index (χ4n) is 3.80. The van der Waals surface area contributed by atoms with E-state index in [2.05, 4.69) is 25.9 Å². The van der Waals surface area contributed by atoms with Crippen LogP contribution in [0.1, 0.15) is 33.6 Å². The van der Waals surface area contributed by atoms with Crippen molar-refractivity contribution in [1.82, 2.24) is 0 Å². The molecule has 2 unspecified atom stereocenters. The van der Waals surface area contributed by atoms with Gasteiger partial charge in [0.25, 0.3) is 0 Å². The molecule has 1 aromatic carbocycles. The summed E-state index contributed by atoms with van der Waals surface area (Å²) in [6, 6.07) is 9.97.